The zero-order valence-electron chi connectivity index (χ0n) is 18.2. The van der Waals surface area contributed by atoms with Crippen molar-refractivity contribution >= 4 is 14.2 Å². The van der Waals surface area contributed by atoms with Crippen LogP contribution >= 0.6 is 0 Å². The van der Waals surface area contributed by atoms with Crippen LogP contribution in [0.25, 0.3) is 0 Å². The Morgan fingerprint density at radius 3 is 2.29 bits per heavy atom. The summed E-state index contributed by atoms with van der Waals surface area (Å²) in [5.41, 5.74) is 3.44. The minimum Gasteiger partial charge on any atom is -0.444 e. The molecule has 2 atom stereocenters. The second-order valence-corrected chi connectivity index (χ2v) is 14.4. The van der Waals surface area contributed by atoms with Crippen molar-refractivity contribution in [1.82, 2.24) is 4.90 Å². The van der Waals surface area contributed by atoms with Crippen LogP contribution in [0.5, 0.6) is 0 Å². The van der Waals surface area contributed by atoms with Gasteiger partial charge in [0.1, 0.15) is 32.2 Å². The molecule has 0 aliphatic carbocycles. The molecule has 1 unspecified atom stereocenters. The van der Waals surface area contributed by atoms with Gasteiger partial charge in [-0.3, -0.25) is 4.90 Å². The van der Waals surface area contributed by atoms with Crippen LogP contribution in [-0.2, 0) is 9.47 Å². The molecule has 1 aromatic rings. The number of rotatable bonds is 2. The van der Waals surface area contributed by atoms with Crippen molar-refractivity contribution in [3.63, 3.8) is 0 Å². The molecular formula is C22H32FNO3Si. The second kappa shape index (κ2) is 7.88. The number of carbonyl (C=O) groups is 1. The van der Waals surface area contributed by atoms with E-state index < -0.39 is 44.3 Å². The lowest BCUT2D eigenvalue weighted by atomic mass is 10.0. The van der Waals surface area contributed by atoms with Crippen LogP contribution in [0.15, 0.2) is 24.3 Å². The maximum Gasteiger partial charge on any atom is 0.413 e. The van der Waals surface area contributed by atoms with Gasteiger partial charge in [0.2, 0.25) is 0 Å². The van der Waals surface area contributed by atoms with Gasteiger partial charge in [-0.15, -0.1) is 5.54 Å². The van der Waals surface area contributed by atoms with Gasteiger partial charge in [0.25, 0.3) is 0 Å². The van der Waals surface area contributed by atoms with E-state index in [1.165, 1.54) is 4.90 Å². The predicted octanol–water partition coefficient (Wildman–Crippen LogP) is 5.30. The normalized spacial score (nSPS) is 21.8. The number of halogens is 1. The first-order valence-electron chi connectivity index (χ1n) is 9.63. The molecule has 0 saturated carbocycles. The Kier molecular flexibility index (Phi) is 6.32. The van der Waals surface area contributed by atoms with Crippen LogP contribution < -0.4 is 0 Å². The summed E-state index contributed by atoms with van der Waals surface area (Å²) < 4.78 is 25.6. The van der Waals surface area contributed by atoms with Gasteiger partial charge in [-0.2, -0.15) is 0 Å². The number of hydrogen-bond donors (Lipinski definition) is 0. The van der Waals surface area contributed by atoms with E-state index >= 15 is 0 Å². The van der Waals surface area contributed by atoms with Gasteiger partial charge in [0.05, 0.1) is 6.04 Å². The Morgan fingerprint density at radius 2 is 1.82 bits per heavy atom. The highest BCUT2D eigenvalue weighted by molar-refractivity contribution is 6.83. The molecular weight excluding hydrogens is 373 g/mol. The molecule has 1 aromatic carbocycles. The summed E-state index contributed by atoms with van der Waals surface area (Å²) in [6.07, 6.45) is -1.13. The quantitative estimate of drug-likeness (QED) is 0.495. The van der Waals surface area contributed by atoms with E-state index in [4.69, 9.17) is 9.47 Å². The van der Waals surface area contributed by atoms with Crippen molar-refractivity contribution in [2.45, 2.75) is 77.7 Å². The number of alkyl halides is 1. The third-order valence-electron chi connectivity index (χ3n) is 4.25. The molecule has 0 radical (unpaired) electrons. The minimum atomic E-state index is -1.45. The molecule has 0 spiro atoms. The predicted molar refractivity (Wildman–Crippen MR) is 112 cm³/mol. The monoisotopic (exact) mass is 405 g/mol. The zero-order chi connectivity index (χ0) is 21.3. The van der Waals surface area contributed by atoms with Crippen LogP contribution in [0.2, 0.25) is 19.6 Å². The number of ether oxygens (including phenoxy) is 2. The fourth-order valence-electron chi connectivity index (χ4n) is 3.10. The fourth-order valence-corrected chi connectivity index (χ4v) is 3.62. The molecule has 6 heteroatoms. The largest absolute Gasteiger partial charge is 0.444 e. The van der Waals surface area contributed by atoms with Crippen LogP contribution in [0.3, 0.4) is 0 Å². The van der Waals surface area contributed by atoms with Crippen molar-refractivity contribution in [2.75, 3.05) is 6.67 Å². The summed E-state index contributed by atoms with van der Waals surface area (Å²) >= 11 is 0. The zero-order valence-corrected chi connectivity index (χ0v) is 19.2. The molecule has 0 N–H and O–H groups in total. The highest BCUT2D eigenvalue weighted by atomic mass is 28.3. The van der Waals surface area contributed by atoms with Crippen LogP contribution in [0.4, 0.5) is 9.18 Å². The van der Waals surface area contributed by atoms with E-state index in [0.717, 1.165) is 11.1 Å². The number of amides is 1. The van der Waals surface area contributed by atoms with Crippen molar-refractivity contribution in [1.29, 1.82) is 0 Å². The topological polar surface area (TPSA) is 38.8 Å². The third-order valence-corrected chi connectivity index (χ3v) is 5.12. The van der Waals surface area contributed by atoms with Crippen molar-refractivity contribution in [3.8, 4) is 11.5 Å². The molecule has 154 valence electrons. The average molecular weight is 406 g/mol. The van der Waals surface area contributed by atoms with Gasteiger partial charge < -0.3 is 9.47 Å². The maximum atomic E-state index is 14.0. The Balaban J connectivity index is 2.28. The van der Waals surface area contributed by atoms with Gasteiger partial charge in [-0.25, -0.2) is 9.18 Å². The van der Waals surface area contributed by atoms with E-state index in [9.17, 15) is 9.18 Å². The second-order valence-electron chi connectivity index (χ2n) is 9.68. The van der Waals surface area contributed by atoms with Crippen molar-refractivity contribution < 1.29 is 18.7 Å². The lowest BCUT2D eigenvalue weighted by molar-refractivity contribution is -0.0797. The van der Waals surface area contributed by atoms with Gasteiger partial charge in [-0.1, -0.05) is 37.7 Å². The molecule has 1 aliphatic rings. The molecule has 1 aliphatic heterocycles. The van der Waals surface area contributed by atoms with Gasteiger partial charge in [0.15, 0.2) is 0 Å². The Bertz CT molecular complexity index is 766. The van der Waals surface area contributed by atoms with Crippen molar-refractivity contribution in [3.05, 3.63) is 35.4 Å². The minimum absolute atomic E-state index is 0.563. The molecule has 4 nitrogen and oxygen atoms in total. The standard InChI is InChI=1S/C22H32FNO3Si/c1-21(2,3)27-20(25)24-18(15-23)19(26-22(24,4)5)17-11-9-16(10-12-17)13-14-28(6,7)8/h9-12,18-19H,15H2,1-8H3/t18?,19-/m1/s1. The van der Waals surface area contributed by atoms with E-state index in [1.807, 2.05) is 24.3 Å². The average Bonchev–Trinajstić information content (AvgIpc) is 2.82. The highest BCUT2D eigenvalue weighted by Crippen LogP contribution is 2.42. The summed E-state index contributed by atoms with van der Waals surface area (Å²) in [5, 5.41) is 0. The first-order valence-corrected chi connectivity index (χ1v) is 13.1. The maximum absolute atomic E-state index is 14.0. The highest BCUT2D eigenvalue weighted by Gasteiger charge is 2.51. The Hall–Kier alpha value is -1.84. The first-order chi connectivity index (χ1) is 12.7. The Labute approximate surface area is 169 Å². The molecule has 28 heavy (non-hydrogen) atoms. The molecule has 0 aromatic heterocycles. The van der Waals surface area contributed by atoms with Gasteiger partial charge >= 0.3 is 6.09 Å². The summed E-state index contributed by atoms with van der Waals surface area (Å²) in [5.74, 6) is 3.21. The van der Waals surface area contributed by atoms with Crippen LogP contribution in [0.1, 0.15) is 51.8 Å². The van der Waals surface area contributed by atoms with E-state index in [0.29, 0.717) is 0 Å². The lowest BCUT2D eigenvalue weighted by Crippen LogP contribution is -2.50. The van der Waals surface area contributed by atoms with Gasteiger partial charge in [0, 0.05) is 5.56 Å². The van der Waals surface area contributed by atoms with E-state index in [-0.39, 0.29) is 0 Å². The van der Waals surface area contributed by atoms with Crippen LogP contribution in [-0.4, -0.2) is 43.1 Å². The summed E-state index contributed by atoms with van der Waals surface area (Å²) in [6, 6.07) is 6.89. The molecule has 2 rings (SSSR count). The fraction of sp³-hybridized carbons (Fsp3) is 0.591. The lowest BCUT2D eigenvalue weighted by Gasteiger charge is -2.34. The smallest absolute Gasteiger partial charge is 0.413 e. The van der Waals surface area contributed by atoms with Crippen molar-refractivity contribution in [2.24, 2.45) is 0 Å². The summed E-state index contributed by atoms with van der Waals surface area (Å²) in [6.45, 7) is 14.7. The van der Waals surface area contributed by atoms with E-state index in [2.05, 4.69) is 31.1 Å². The Morgan fingerprint density at radius 1 is 1.25 bits per heavy atom. The summed E-state index contributed by atoms with van der Waals surface area (Å²) in [4.78, 5) is 14.1. The number of nitrogens with zero attached hydrogens (tertiary/aromatic N) is 1. The first kappa shape index (κ1) is 22.4. The third kappa shape index (κ3) is 5.59. The number of carbonyl (C=O) groups excluding carboxylic acids is 1. The molecule has 1 amide bonds. The molecule has 0 bridgehead atoms. The SMILES string of the molecule is CC(C)(C)OC(=O)N1C(CF)[C@@H](c2ccc(C#C[Si](C)(C)C)cc2)OC1(C)C. The summed E-state index contributed by atoms with van der Waals surface area (Å²) in [7, 11) is -1.45. The molecule has 1 fully saturated rings. The number of benzene rings is 1. The molecule has 1 heterocycles. The van der Waals surface area contributed by atoms with Gasteiger partial charge in [-0.05, 0) is 52.3 Å². The number of hydrogen-bond acceptors (Lipinski definition) is 3. The van der Waals surface area contributed by atoms with Crippen LogP contribution in [0, 0.1) is 11.5 Å². The molecule has 1 saturated heterocycles. The van der Waals surface area contributed by atoms with E-state index in [1.54, 1.807) is 34.6 Å².